The van der Waals surface area contributed by atoms with Crippen LogP contribution in [0.4, 0.5) is 0 Å². The van der Waals surface area contributed by atoms with Gasteiger partial charge in [0, 0.05) is 0 Å². The van der Waals surface area contributed by atoms with Gasteiger partial charge in [-0.3, -0.25) is 0 Å². The molecule has 0 saturated heterocycles. The Balaban J connectivity index is 2.73. The molecule has 0 bridgehead atoms. The second-order valence-electron chi connectivity index (χ2n) is 3.91. The molecule has 0 spiro atoms. The van der Waals surface area contributed by atoms with Gasteiger partial charge in [-0.15, -0.1) is 0 Å². The molecule has 1 aromatic carbocycles. The Labute approximate surface area is 104 Å². The first-order valence-electron chi connectivity index (χ1n) is 5.30. The predicted octanol–water partition coefficient (Wildman–Crippen LogP) is -0.107. The van der Waals surface area contributed by atoms with Gasteiger partial charge in [-0.2, -0.15) is 0 Å². The fourth-order valence-electron chi connectivity index (χ4n) is 1.28. The minimum absolute atomic E-state index is 0.0986. The summed E-state index contributed by atoms with van der Waals surface area (Å²) in [6, 6.07) is 8.74. The van der Waals surface area contributed by atoms with Crippen LogP contribution in [0.25, 0.3) is 0 Å². The maximum absolute atomic E-state index is 11.6. The Bertz CT molecular complexity index is 431. The zero-order valence-corrected chi connectivity index (χ0v) is 9.87. The number of aliphatic hydroxyl groups is 1. The largest absolute Gasteiger partial charge is 0.479 e. The second kappa shape index (κ2) is 5.61. The van der Waals surface area contributed by atoms with E-state index in [4.69, 9.17) is 15.6 Å². The molecule has 2 atom stereocenters. The summed E-state index contributed by atoms with van der Waals surface area (Å²) >= 11 is 0. The average Bonchev–Trinajstić information content (AvgIpc) is 2.35. The number of carboxylic acids is 1. The molecule has 0 fully saturated rings. The summed E-state index contributed by atoms with van der Waals surface area (Å²) in [5.74, 6) is -2.80. The van der Waals surface area contributed by atoms with Crippen molar-refractivity contribution in [2.24, 2.45) is 5.73 Å². The van der Waals surface area contributed by atoms with Crippen molar-refractivity contribution < 1.29 is 24.5 Å². The fourth-order valence-corrected chi connectivity index (χ4v) is 1.28. The molecule has 0 aliphatic heterocycles. The molecule has 1 rings (SSSR count). The highest BCUT2D eigenvalue weighted by Crippen LogP contribution is 2.12. The number of carboxylic acid groups (broad SMARTS) is 1. The Morgan fingerprint density at radius 2 is 1.94 bits per heavy atom. The number of esters is 1. The SMILES string of the molecule is CC(O)C(N)(C(=O)O)C(=O)OCc1ccccc1. The van der Waals surface area contributed by atoms with Gasteiger partial charge in [0.1, 0.15) is 6.61 Å². The monoisotopic (exact) mass is 253 g/mol. The minimum atomic E-state index is -2.45. The van der Waals surface area contributed by atoms with E-state index < -0.39 is 23.6 Å². The number of aliphatic hydroxyl groups excluding tert-OH is 1. The summed E-state index contributed by atoms with van der Waals surface area (Å²) in [5, 5.41) is 18.2. The van der Waals surface area contributed by atoms with Gasteiger partial charge in [0.25, 0.3) is 0 Å². The standard InChI is InChI=1S/C12H15NO5/c1-8(14)12(13,10(15)16)11(17)18-7-9-5-3-2-4-6-9/h2-6,8,14H,7,13H2,1H3,(H,15,16). The maximum Gasteiger partial charge on any atom is 0.340 e. The van der Waals surface area contributed by atoms with Crippen molar-refractivity contribution in [3.8, 4) is 0 Å². The van der Waals surface area contributed by atoms with Crippen LogP contribution in [0.2, 0.25) is 0 Å². The van der Waals surface area contributed by atoms with Gasteiger partial charge in [-0.25, -0.2) is 9.59 Å². The molecular formula is C12H15NO5. The lowest BCUT2D eigenvalue weighted by Crippen LogP contribution is -2.62. The van der Waals surface area contributed by atoms with E-state index in [2.05, 4.69) is 0 Å². The van der Waals surface area contributed by atoms with E-state index >= 15 is 0 Å². The zero-order chi connectivity index (χ0) is 13.8. The van der Waals surface area contributed by atoms with Crippen molar-refractivity contribution in [2.75, 3.05) is 0 Å². The van der Waals surface area contributed by atoms with Crippen LogP contribution in [0.15, 0.2) is 30.3 Å². The van der Waals surface area contributed by atoms with Crippen LogP contribution in [0.3, 0.4) is 0 Å². The molecular weight excluding hydrogens is 238 g/mol. The first-order valence-corrected chi connectivity index (χ1v) is 5.30. The van der Waals surface area contributed by atoms with Crippen LogP contribution in [-0.4, -0.2) is 33.8 Å². The van der Waals surface area contributed by atoms with Crippen LogP contribution in [0.5, 0.6) is 0 Å². The average molecular weight is 253 g/mol. The molecule has 0 heterocycles. The molecule has 6 nitrogen and oxygen atoms in total. The number of carbonyl (C=O) groups excluding carboxylic acids is 1. The van der Waals surface area contributed by atoms with E-state index in [9.17, 15) is 14.7 Å². The smallest absolute Gasteiger partial charge is 0.340 e. The van der Waals surface area contributed by atoms with E-state index in [0.29, 0.717) is 5.56 Å². The summed E-state index contributed by atoms with van der Waals surface area (Å²) in [6.07, 6.45) is -1.56. The van der Waals surface area contributed by atoms with E-state index in [1.807, 2.05) is 0 Å². The van der Waals surface area contributed by atoms with E-state index in [1.165, 1.54) is 0 Å². The van der Waals surface area contributed by atoms with E-state index in [-0.39, 0.29) is 6.61 Å². The Hall–Kier alpha value is -1.92. The lowest BCUT2D eigenvalue weighted by molar-refractivity contribution is -0.167. The molecule has 98 valence electrons. The van der Waals surface area contributed by atoms with Crippen molar-refractivity contribution in [2.45, 2.75) is 25.2 Å². The third-order valence-corrected chi connectivity index (χ3v) is 2.56. The van der Waals surface area contributed by atoms with E-state index in [1.54, 1.807) is 30.3 Å². The number of carbonyl (C=O) groups is 2. The van der Waals surface area contributed by atoms with E-state index in [0.717, 1.165) is 6.92 Å². The van der Waals surface area contributed by atoms with Crippen LogP contribution in [0.1, 0.15) is 12.5 Å². The highest BCUT2D eigenvalue weighted by atomic mass is 16.5. The summed E-state index contributed by atoms with van der Waals surface area (Å²) in [7, 11) is 0. The summed E-state index contributed by atoms with van der Waals surface area (Å²) in [6.45, 7) is 1.02. The van der Waals surface area contributed by atoms with Crippen LogP contribution in [-0.2, 0) is 20.9 Å². The molecule has 0 amide bonds. The zero-order valence-electron chi connectivity index (χ0n) is 9.87. The predicted molar refractivity (Wildman–Crippen MR) is 62.5 cm³/mol. The number of aliphatic carboxylic acids is 1. The summed E-state index contributed by atoms with van der Waals surface area (Å²) in [4.78, 5) is 22.6. The Morgan fingerprint density at radius 3 is 2.39 bits per heavy atom. The molecule has 0 radical (unpaired) electrons. The van der Waals surface area contributed by atoms with Gasteiger partial charge < -0.3 is 20.7 Å². The molecule has 0 aliphatic rings. The van der Waals surface area contributed by atoms with Crippen LogP contribution in [0, 0.1) is 0 Å². The Morgan fingerprint density at radius 1 is 1.39 bits per heavy atom. The number of ether oxygens (including phenoxy) is 1. The Kier molecular flexibility index (Phi) is 4.41. The van der Waals surface area contributed by atoms with Gasteiger partial charge in [-0.05, 0) is 12.5 Å². The van der Waals surface area contributed by atoms with Crippen molar-refractivity contribution in [1.82, 2.24) is 0 Å². The lowest BCUT2D eigenvalue weighted by atomic mass is 9.95. The van der Waals surface area contributed by atoms with Crippen molar-refractivity contribution in [3.63, 3.8) is 0 Å². The molecule has 18 heavy (non-hydrogen) atoms. The highest BCUT2D eigenvalue weighted by molar-refractivity contribution is 6.04. The first-order chi connectivity index (χ1) is 8.39. The molecule has 4 N–H and O–H groups in total. The third kappa shape index (κ3) is 2.85. The normalized spacial score (nSPS) is 15.5. The third-order valence-electron chi connectivity index (χ3n) is 2.56. The summed E-state index contributed by atoms with van der Waals surface area (Å²) in [5.41, 5.74) is 3.62. The fraction of sp³-hybridized carbons (Fsp3) is 0.333. The van der Waals surface area contributed by atoms with Crippen molar-refractivity contribution in [3.05, 3.63) is 35.9 Å². The maximum atomic E-state index is 11.6. The quantitative estimate of drug-likeness (QED) is 0.499. The molecule has 6 heteroatoms. The number of nitrogens with two attached hydrogens (primary N) is 1. The van der Waals surface area contributed by atoms with Crippen LogP contribution >= 0.6 is 0 Å². The minimum Gasteiger partial charge on any atom is -0.479 e. The van der Waals surface area contributed by atoms with Gasteiger partial charge >= 0.3 is 11.9 Å². The second-order valence-corrected chi connectivity index (χ2v) is 3.91. The molecule has 1 aromatic rings. The van der Waals surface area contributed by atoms with Crippen LogP contribution < -0.4 is 5.73 Å². The first kappa shape index (κ1) is 14.1. The van der Waals surface area contributed by atoms with Gasteiger partial charge in [0.15, 0.2) is 0 Å². The topological polar surface area (TPSA) is 110 Å². The van der Waals surface area contributed by atoms with Crippen molar-refractivity contribution in [1.29, 1.82) is 0 Å². The molecule has 0 aromatic heterocycles. The van der Waals surface area contributed by atoms with Gasteiger partial charge in [-0.1, -0.05) is 30.3 Å². The number of benzene rings is 1. The molecule has 0 aliphatic carbocycles. The number of hydrogen-bond donors (Lipinski definition) is 3. The molecule has 2 unspecified atom stereocenters. The molecule has 0 saturated carbocycles. The number of rotatable bonds is 5. The van der Waals surface area contributed by atoms with Crippen molar-refractivity contribution >= 4 is 11.9 Å². The number of hydrogen-bond acceptors (Lipinski definition) is 5. The highest BCUT2D eigenvalue weighted by Gasteiger charge is 2.48. The van der Waals surface area contributed by atoms with Gasteiger partial charge in [0.2, 0.25) is 5.54 Å². The lowest BCUT2D eigenvalue weighted by Gasteiger charge is -2.25. The summed E-state index contributed by atoms with van der Waals surface area (Å²) < 4.78 is 4.81. The van der Waals surface area contributed by atoms with Gasteiger partial charge in [0.05, 0.1) is 6.10 Å².